The average Bonchev–Trinajstić information content (AvgIpc) is 2.79. The maximum Gasteiger partial charge on any atom is 0.125 e. The maximum absolute atomic E-state index is 6.05. The minimum absolute atomic E-state index is 0.415. The summed E-state index contributed by atoms with van der Waals surface area (Å²) < 4.78 is 3.24. The fraction of sp³-hybridized carbons (Fsp3) is 0.188. The molecule has 1 aromatic heterocycles. The smallest absolute Gasteiger partial charge is 0.125 e. The summed E-state index contributed by atoms with van der Waals surface area (Å²) in [6.45, 7) is 2.92. The molecule has 0 N–H and O–H groups in total. The van der Waals surface area contributed by atoms with E-state index in [2.05, 4.69) is 62.7 Å². The molecule has 0 unspecified atom stereocenters. The highest BCUT2D eigenvalue weighted by Gasteiger charge is 2.11. The van der Waals surface area contributed by atoms with Crippen LogP contribution in [-0.4, -0.2) is 9.55 Å². The van der Waals surface area contributed by atoms with Crippen LogP contribution >= 0.6 is 27.5 Å². The van der Waals surface area contributed by atoms with E-state index in [4.69, 9.17) is 11.6 Å². The largest absolute Gasteiger partial charge is 0.322 e. The van der Waals surface area contributed by atoms with Gasteiger partial charge in [-0.3, -0.25) is 0 Å². The molecule has 20 heavy (non-hydrogen) atoms. The zero-order valence-electron chi connectivity index (χ0n) is 11.1. The molecule has 3 rings (SSSR count). The Labute approximate surface area is 131 Å². The van der Waals surface area contributed by atoms with E-state index in [1.807, 2.05) is 12.1 Å². The summed E-state index contributed by atoms with van der Waals surface area (Å²) in [5.41, 5.74) is 4.67. The second-order valence-electron chi connectivity index (χ2n) is 4.81. The number of hydrogen-bond donors (Lipinski definition) is 0. The van der Waals surface area contributed by atoms with Crippen LogP contribution in [0.3, 0.4) is 0 Å². The fourth-order valence-electron chi connectivity index (χ4n) is 2.38. The van der Waals surface area contributed by atoms with Crippen LogP contribution in [-0.2, 0) is 12.4 Å². The SMILES string of the molecule is Cc1ccccc1Cn1c(CCl)nc2ccc(Br)cc21. The van der Waals surface area contributed by atoms with Gasteiger partial charge in [0.2, 0.25) is 0 Å². The molecule has 0 radical (unpaired) electrons. The van der Waals surface area contributed by atoms with Gasteiger partial charge in [0.15, 0.2) is 0 Å². The summed E-state index contributed by atoms with van der Waals surface area (Å²) >= 11 is 9.58. The number of rotatable bonds is 3. The van der Waals surface area contributed by atoms with Gasteiger partial charge in [-0.05, 0) is 36.2 Å². The average molecular weight is 350 g/mol. The van der Waals surface area contributed by atoms with Crippen molar-refractivity contribution >= 4 is 38.6 Å². The molecular formula is C16H14BrClN2. The third-order valence-corrected chi connectivity index (χ3v) is 4.23. The number of imidazole rings is 1. The standard InChI is InChI=1S/C16H14BrClN2/c1-11-4-2-3-5-12(11)10-20-15-8-13(17)6-7-14(15)19-16(20)9-18/h2-8H,9-10H2,1H3. The second-order valence-corrected chi connectivity index (χ2v) is 5.99. The Balaban J connectivity index is 2.14. The van der Waals surface area contributed by atoms with Crippen LogP contribution in [0.15, 0.2) is 46.9 Å². The van der Waals surface area contributed by atoms with Gasteiger partial charge in [0, 0.05) is 11.0 Å². The quantitative estimate of drug-likeness (QED) is 0.615. The van der Waals surface area contributed by atoms with Crippen LogP contribution in [0.25, 0.3) is 11.0 Å². The van der Waals surface area contributed by atoms with Crippen LogP contribution in [0.5, 0.6) is 0 Å². The van der Waals surface area contributed by atoms with Crippen molar-refractivity contribution in [3.05, 3.63) is 63.9 Å². The van der Waals surface area contributed by atoms with Gasteiger partial charge in [0.25, 0.3) is 0 Å². The summed E-state index contributed by atoms with van der Waals surface area (Å²) in [6.07, 6.45) is 0. The van der Waals surface area contributed by atoms with Gasteiger partial charge >= 0.3 is 0 Å². The zero-order chi connectivity index (χ0) is 14.1. The van der Waals surface area contributed by atoms with Crippen LogP contribution < -0.4 is 0 Å². The lowest BCUT2D eigenvalue weighted by Gasteiger charge is -2.10. The molecule has 1 heterocycles. The van der Waals surface area contributed by atoms with E-state index in [0.717, 1.165) is 27.9 Å². The first-order valence-electron chi connectivity index (χ1n) is 6.44. The molecule has 2 aromatic carbocycles. The molecule has 0 atom stereocenters. The van der Waals surface area contributed by atoms with Gasteiger partial charge in [0.05, 0.1) is 16.9 Å². The highest BCUT2D eigenvalue weighted by Crippen LogP contribution is 2.23. The van der Waals surface area contributed by atoms with Gasteiger partial charge in [-0.15, -0.1) is 11.6 Å². The normalized spacial score (nSPS) is 11.2. The van der Waals surface area contributed by atoms with Crippen molar-refractivity contribution in [2.45, 2.75) is 19.3 Å². The molecule has 0 fully saturated rings. The second kappa shape index (κ2) is 5.58. The molecule has 0 aliphatic rings. The number of halogens is 2. The lowest BCUT2D eigenvalue weighted by atomic mass is 10.1. The highest BCUT2D eigenvalue weighted by molar-refractivity contribution is 9.10. The number of nitrogens with zero attached hydrogens (tertiary/aromatic N) is 2. The van der Waals surface area contributed by atoms with E-state index in [1.54, 1.807) is 0 Å². The minimum atomic E-state index is 0.415. The Morgan fingerprint density at radius 3 is 2.75 bits per heavy atom. The van der Waals surface area contributed by atoms with Crippen molar-refractivity contribution in [2.24, 2.45) is 0 Å². The summed E-state index contributed by atoms with van der Waals surface area (Å²) in [4.78, 5) is 4.61. The van der Waals surface area contributed by atoms with Crippen LogP contribution in [0, 0.1) is 6.92 Å². The van der Waals surface area contributed by atoms with Gasteiger partial charge in [-0.25, -0.2) is 4.98 Å². The van der Waals surface area contributed by atoms with E-state index in [9.17, 15) is 0 Å². The fourth-order valence-corrected chi connectivity index (χ4v) is 2.94. The molecule has 0 saturated heterocycles. The Hall–Kier alpha value is -1.32. The van der Waals surface area contributed by atoms with Crippen molar-refractivity contribution < 1.29 is 0 Å². The summed E-state index contributed by atoms with van der Waals surface area (Å²) in [5.74, 6) is 1.32. The van der Waals surface area contributed by atoms with Crippen LogP contribution in [0.2, 0.25) is 0 Å². The Morgan fingerprint density at radius 1 is 1.20 bits per heavy atom. The summed E-state index contributed by atoms with van der Waals surface area (Å²) in [5, 5.41) is 0. The molecule has 102 valence electrons. The predicted molar refractivity (Wildman–Crippen MR) is 87.3 cm³/mol. The molecule has 2 nitrogen and oxygen atoms in total. The monoisotopic (exact) mass is 348 g/mol. The Kier molecular flexibility index (Phi) is 3.81. The number of hydrogen-bond acceptors (Lipinski definition) is 1. The molecule has 0 saturated carbocycles. The van der Waals surface area contributed by atoms with Gasteiger partial charge in [-0.1, -0.05) is 40.2 Å². The molecule has 4 heteroatoms. The van der Waals surface area contributed by atoms with E-state index in [0.29, 0.717) is 5.88 Å². The van der Waals surface area contributed by atoms with Crippen molar-refractivity contribution in [3.8, 4) is 0 Å². The topological polar surface area (TPSA) is 17.8 Å². The summed E-state index contributed by atoms with van der Waals surface area (Å²) in [7, 11) is 0. The minimum Gasteiger partial charge on any atom is -0.322 e. The van der Waals surface area contributed by atoms with Crippen molar-refractivity contribution in [1.29, 1.82) is 0 Å². The van der Waals surface area contributed by atoms with Gasteiger partial charge < -0.3 is 4.57 Å². The van der Waals surface area contributed by atoms with E-state index < -0.39 is 0 Å². The molecule has 0 aliphatic carbocycles. The molecule has 0 spiro atoms. The number of benzene rings is 2. The number of fused-ring (bicyclic) bond motifs is 1. The number of aromatic nitrogens is 2. The third-order valence-electron chi connectivity index (χ3n) is 3.50. The van der Waals surface area contributed by atoms with E-state index >= 15 is 0 Å². The van der Waals surface area contributed by atoms with Crippen molar-refractivity contribution in [1.82, 2.24) is 9.55 Å². The highest BCUT2D eigenvalue weighted by atomic mass is 79.9. The number of alkyl halides is 1. The van der Waals surface area contributed by atoms with E-state index in [1.165, 1.54) is 11.1 Å². The first-order chi connectivity index (χ1) is 9.69. The first kappa shape index (κ1) is 13.7. The molecule has 3 aromatic rings. The molecule has 0 amide bonds. The van der Waals surface area contributed by atoms with Crippen molar-refractivity contribution in [3.63, 3.8) is 0 Å². The predicted octanol–water partition coefficient (Wildman–Crippen LogP) is 4.89. The van der Waals surface area contributed by atoms with E-state index in [-0.39, 0.29) is 0 Å². The number of aryl methyl sites for hydroxylation is 1. The lowest BCUT2D eigenvalue weighted by Crippen LogP contribution is -2.05. The maximum atomic E-state index is 6.05. The lowest BCUT2D eigenvalue weighted by molar-refractivity contribution is 0.774. The van der Waals surface area contributed by atoms with Crippen LogP contribution in [0.4, 0.5) is 0 Å². The molecule has 0 bridgehead atoms. The first-order valence-corrected chi connectivity index (χ1v) is 7.77. The molecule has 0 aliphatic heterocycles. The zero-order valence-corrected chi connectivity index (χ0v) is 13.4. The Bertz CT molecular complexity index is 764. The van der Waals surface area contributed by atoms with Crippen LogP contribution in [0.1, 0.15) is 17.0 Å². The Morgan fingerprint density at radius 2 is 2.00 bits per heavy atom. The van der Waals surface area contributed by atoms with Crippen molar-refractivity contribution in [2.75, 3.05) is 0 Å². The van der Waals surface area contributed by atoms with Gasteiger partial charge in [0.1, 0.15) is 5.82 Å². The van der Waals surface area contributed by atoms with Gasteiger partial charge in [-0.2, -0.15) is 0 Å². The molecular weight excluding hydrogens is 336 g/mol. The third kappa shape index (κ3) is 2.48. The summed E-state index contributed by atoms with van der Waals surface area (Å²) in [6, 6.07) is 14.5.